The Morgan fingerprint density at radius 2 is 2.12 bits per heavy atom. The van der Waals surface area contributed by atoms with E-state index in [1.54, 1.807) is 0 Å². The molecule has 2 fully saturated rings. The highest BCUT2D eigenvalue weighted by atomic mass is 32.1. The van der Waals surface area contributed by atoms with Gasteiger partial charge in [0.05, 0.1) is 5.01 Å². The Balaban J connectivity index is 1.53. The average molecular weight is 350 g/mol. The van der Waals surface area contributed by atoms with E-state index in [2.05, 4.69) is 42.9 Å². The van der Waals surface area contributed by atoms with Gasteiger partial charge in [0.15, 0.2) is 0 Å². The third kappa shape index (κ3) is 4.17. The minimum absolute atomic E-state index is 0.128. The molecule has 5 heteroatoms. The van der Waals surface area contributed by atoms with E-state index in [1.807, 2.05) is 17.5 Å². The second-order valence-electron chi connectivity index (χ2n) is 8.38. The van der Waals surface area contributed by atoms with E-state index in [0.29, 0.717) is 23.8 Å². The molecule has 4 nitrogen and oxygen atoms in total. The summed E-state index contributed by atoms with van der Waals surface area (Å²) >= 11 is 1.82. The van der Waals surface area contributed by atoms with Crippen molar-refractivity contribution >= 4 is 17.2 Å². The van der Waals surface area contributed by atoms with Crippen LogP contribution < -0.4 is 5.32 Å². The highest BCUT2D eigenvalue weighted by molar-refractivity contribution is 7.11. The van der Waals surface area contributed by atoms with E-state index in [9.17, 15) is 4.79 Å². The van der Waals surface area contributed by atoms with Crippen LogP contribution in [0.15, 0.2) is 6.20 Å². The number of nitrogens with one attached hydrogen (secondary N) is 1. The number of carbonyl (C=O) groups is 1. The van der Waals surface area contributed by atoms with Gasteiger partial charge in [0.1, 0.15) is 0 Å². The fraction of sp³-hybridized carbons (Fsp3) is 0.789. The van der Waals surface area contributed by atoms with Gasteiger partial charge in [0.25, 0.3) is 0 Å². The Bertz CT molecular complexity index is 573. The van der Waals surface area contributed by atoms with Crippen molar-refractivity contribution in [3.63, 3.8) is 0 Å². The molecule has 1 aromatic heterocycles. The minimum Gasteiger partial charge on any atom is -0.342 e. The van der Waals surface area contributed by atoms with Gasteiger partial charge in [0.2, 0.25) is 5.91 Å². The van der Waals surface area contributed by atoms with Crippen molar-refractivity contribution in [3.05, 3.63) is 16.1 Å². The molecule has 1 saturated heterocycles. The van der Waals surface area contributed by atoms with Gasteiger partial charge in [0, 0.05) is 48.1 Å². The minimum atomic E-state index is 0.128. The molecule has 1 aliphatic carbocycles. The summed E-state index contributed by atoms with van der Waals surface area (Å²) in [5.74, 6) is 1.32. The van der Waals surface area contributed by atoms with E-state index in [0.717, 1.165) is 45.3 Å². The van der Waals surface area contributed by atoms with Gasteiger partial charge in [-0.2, -0.15) is 0 Å². The van der Waals surface area contributed by atoms with Gasteiger partial charge >= 0.3 is 0 Å². The molecular weight excluding hydrogens is 318 g/mol. The summed E-state index contributed by atoms with van der Waals surface area (Å²) < 4.78 is 0. The Morgan fingerprint density at radius 1 is 1.38 bits per heavy atom. The first-order valence-electron chi connectivity index (χ1n) is 9.36. The maximum Gasteiger partial charge on any atom is 0.225 e. The van der Waals surface area contributed by atoms with Crippen LogP contribution in [-0.2, 0) is 16.8 Å². The maximum absolute atomic E-state index is 12.3. The maximum atomic E-state index is 12.3. The van der Waals surface area contributed by atoms with Crippen LogP contribution in [0.25, 0.3) is 0 Å². The van der Waals surface area contributed by atoms with E-state index >= 15 is 0 Å². The SMILES string of the molecule is CC[C@@H]1CN(C(=O)C2CC2)CC[C@H]1NCc1cnc(C(C)(C)C)s1. The Kier molecular flexibility index (Phi) is 5.30. The van der Waals surface area contributed by atoms with Gasteiger partial charge in [-0.25, -0.2) is 4.98 Å². The van der Waals surface area contributed by atoms with Crippen LogP contribution >= 0.6 is 11.3 Å². The molecule has 2 atom stereocenters. The summed E-state index contributed by atoms with van der Waals surface area (Å²) in [6.45, 7) is 11.6. The van der Waals surface area contributed by atoms with Crippen molar-refractivity contribution in [2.45, 2.75) is 71.4 Å². The molecular formula is C19H31N3OS. The molecule has 0 spiro atoms. The van der Waals surface area contributed by atoms with Gasteiger partial charge in [-0.3, -0.25) is 4.79 Å². The highest BCUT2D eigenvalue weighted by Crippen LogP contribution is 2.33. The second-order valence-corrected chi connectivity index (χ2v) is 9.50. The van der Waals surface area contributed by atoms with Crippen molar-refractivity contribution in [1.82, 2.24) is 15.2 Å². The summed E-state index contributed by atoms with van der Waals surface area (Å²) in [6.07, 6.45) is 6.43. The molecule has 0 unspecified atom stereocenters. The van der Waals surface area contributed by atoms with Gasteiger partial charge < -0.3 is 10.2 Å². The first kappa shape index (κ1) is 17.9. The van der Waals surface area contributed by atoms with Gasteiger partial charge in [-0.1, -0.05) is 34.1 Å². The smallest absolute Gasteiger partial charge is 0.225 e. The molecule has 2 heterocycles. The molecule has 1 saturated carbocycles. The van der Waals surface area contributed by atoms with Gasteiger partial charge in [-0.15, -0.1) is 11.3 Å². The molecule has 134 valence electrons. The van der Waals surface area contributed by atoms with E-state index in [-0.39, 0.29) is 5.41 Å². The predicted octanol–water partition coefficient (Wildman–Crippen LogP) is 3.57. The van der Waals surface area contributed by atoms with Gasteiger partial charge in [-0.05, 0) is 25.2 Å². The van der Waals surface area contributed by atoms with E-state index in [4.69, 9.17) is 0 Å². The van der Waals surface area contributed by atoms with Crippen LogP contribution in [0.5, 0.6) is 0 Å². The molecule has 1 aliphatic heterocycles. The third-order valence-corrected chi connectivity index (χ3v) is 6.65. The Labute approximate surface area is 150 Å². The molecule has 0 bridgehead atoms. The molecule has 0 radical (unpaired) electrons. The van der Waals surface area contributed by atoms with E-state index < -0.39 is 0 Å². The lowest BCUT2D eigenvalue weighted by Crippen LogP contribution is -2.51. The van der Waals surface area contributed by atoms with E-state index in [1.165, 1.54) is 9.88 Å². The third-order valence-electron chi connectivity index (χ3n) is 5.23. The molecule has 1 aromatic rings. The lowest BCUT2D eigenvalue weighted by molar-refractivity contribution is -0.134. The number of nitrogens with zero attached hydrogens (tertiary/aromatic N) is 2. The zero-order valence-corrected chi connectivity index (χ0v) is 16.3. The topological polar surface area (TPSA) is 45.2 Å². The summed E-state index contributed by atoms with van der Waals surface area (Å²) in [5.41, 5.74) is 0.128. The quantitative estimate of drug-likeness (QED) is 0.884. The molecule has 24 heavy (non-hydrogen) atoms. The zero-order chi connectivity index (χ0) is 17.3. The first-order valence-corrected chi connectivity index (χ1v) is 10.2. The molecule has 0 aromatic carbocycles. The normalized spacial score (nSPS) is 25.1. The number of carbonyl (C=O) groups excluding carboxylic acids is 1. The second kappa shape index (κ2) is 7.12. The lowest BCUT2D eigenvalue weighted by Gasteiger charge is -2.39. The number of amides is 1. The molecule has 3 rings (SSSR count). The number of likely N-dealkylation sites (tertiary alicyclic amines) is 1. The number of aromatic nitrogens is 1. The number of thiazole rings is 1. The largest absolute Gasteiger partial charge is 0.342 e. The van der Waals surface area contributed by atoms with Crippen LogP contribution in [0.1, 0.15) is 63.3 Å². The summed E-state index contributed by atoms with van der Waals surface area (Å²) in [6, 6.07) is 0.512. The van der Waals surface area contributed by atoms with Crippen molar-refractivity contribution in [3.8, 4) is 0 Å². The fourth-order valence-corrected chi connectivity index (χ4v) is 4.39. The number of hydrogen-bond acceptors (Lipinski definition) is 4. The standard InChI is InChI=1S/C19H31N3OS/c1-5-13-12-22(17(23)14-6-7-14)9-8-16(13)20-10-15-11-21-18(24-15)19(2,3)4/h11,13-14,16,20H,5-10,12H2,1-4H3/t13-,16-/m1/s1. The van der Waals surface area contributed by atoms with Crippen LogP contribution in [0.2, 0.25) is 0 Å². The van der Waals surface area contributed by atoms with Crippen LogP contribution in [0, 0.1) is 11.8 Å². The Morgan fingerprint density at radius 3 is 2.71 bits per heavy atom. The lowest BCUT2D eigenvalue weighted by atomic mass is 9.89. The monoisotopic (exact) mass is 349 g/mol. The van der Waals surface area contributed by atoms with Crippen LogP contribution in [0.4, 0.5) is 0 Å². The summed E-state index contributed by atoms with van der Waals surface area (Å²) in [4.78, 5) is 20.3. The first-order chi connectivity index (χ1) is 11.4. The Hall–Kier alpha value is -0.940. The number of rotatable bonds is 5. The average Bonchev–Trinajstić information content (AvgIpc) is 3.28. The number of piperidine rings is 1. The van der Waals surface area contributed by atoms with Crippen molar-refractivity contribution in [2.24, 2.45) is 11.8 Å². The van der Waals surface area contributed by atoms with Crippen molar-refractivity contribution in [2.75, 3.05) is 13.1 Å². The molecule has 2 aliphatic rings. The molecule has 1 N–H and O–H groups in total. The number of hydrogen-bond donors (Lipinski definition) is 1. The van der Waals surface area contributed by atoms with Crippen LogP contribution in [0.3, 0.4) is 0 Å². The summed E-state index contributed by atoms with van der Waals surface area (Å²) in [7, 11) is 0. The molecule has 1 amide bonds. The predicted molar refractivity (Wildman–Crippen MR) is 99.1 cm³/mol. The highest BCUT2D eigenvalue weighted by Gasteiger charge is 2.37. The fourth-order valence-electron chi connectivity index (χ4n) is 3.47. The van der Waals surface area contributed by atoms with Crippen molar-refractivity contribution < 1.29 is 4.79 Å². The van der Waals surface area contributed by atoms with Crippen LogP contribution in [-0.4, -0.2) is 34.9 Å². The zero-order valence-electron chi connectivity index (χ0n) is 15.5. The van der Waals surface area contributed by atoms with Crippen molar-refractivity contribution in [1.29, 1.82) is 0 Å². The summed E-state index contributed by atoms with van der Waals surface area (Å²) in [5, 5.41) is 4.95.